The molecule has 0 aliphatic carbocycles. The molecule has 74 valence electrons. The molecular weight excluding hydrogens is 180 g/mol. The second-order valence-corrected chi connectivity index (χ2v) is 3.37. The molecule has 0 bridgehead atoms. The number of rotatable bonds is 0. The van der Waals surface area contributed by atoms with E-state index in [1.54, 1.807) is 6.07 Å². The summed E-state index contributed by atoms with van der Waals surface area (Å²) in [6.07, 6.45) is 0. The second-order valence-electron chi connectivity index (χ2n) is 3.37. The first-order valence-electron chi connectivity index (χ1n) is 4.44. The third kappa shape index (κ3) is 1.44. The lowest BCUT2D eigenvalue weighted by molar-refractivity contribution is -0.120. The van der Waals surface area contributed by atoms with Gasteiger partial charge in [0.2, 0.25) is 5.91 Å². The largest absolute Gasteiger partial charge is 0.397 e. The van der Waals surface area contributed by atoms with Crippen LogP contribution >= 0.6 is 0 Å². The predicted octanol–water partition coefficient (Wildman–Crippen LogP) is 1.05. The van der Waals surface area contributed by atoms with Gasteiger partial charge < -0.3 is 15.8 Å². The number of carbonyl (C=O) groups excluding carboxylic acids is 1. The minimum Gasteiger partial charge on any atom is -0.397 e. The van der Waals surface area contributed by atoms with Crippen molar-refractivity contribution in [2.75, 3.05) is 17.7 Å². The Morgan fingerprint density at radius 1 is 1.43 bits per heavy atom. The molecule has 4 nitrogen and oxygen atoms in total. The van der Waals surface area contributed by atoms with Crippen molar-refractivity contribution in [1.29, 1.82) is 0 Å². The summed E-state index contributed by atoms with van der Waals surface area (Å²) in [7, 11) is 0. The van der Waals surface area contributed by atoms with Crippen LogP contribution in [-0.2, 0) is 16.1 Å². The van der Waals surface area contributed by atoms with Gasteiger partial charge in [0.05, 0.1) is 18.0 Å². The first-order valence-corrected chi connectivity index (χ1v) is 4.44. The number of nitrogens with one attached hydrogen (secondary N) is 1. The molecule has 0 fully saturated rings. The van der Waals surface area contributed by atoms with Gasteiger partial charge in [-0.25, -0.2) is 0 Å². The molecule has 0 saturated carbocycles. The van der Waals surface area contributed by atoms with Crippen molar-refractivity contribution in [1.82, 2.24) is 0 Å². The van der Waals surface area contributed by atoms with Crippen LogP contribution in [0.5, 0.6) is 0 Å². The number of fused-ring (bicyclic) bond motifs is 1. The topological polar surface area (TPSA) is 64.3 Å². The van der Waals surface area contributed by atoms with Gasteiger partial charge in [-0.3, -0.25) is 4.79 Å². The van der Waals surface area contributed by atoms with Gasteiger partial charge in [0.15, 0.2) is 0 Å². The molecule has 0 unspecified atom stereocenters. The zero-order valence-corrected chi connectivity index (χ0v) is 7.96. The van der Waals surface area contributed by atoms with Crippen LogP contribution in [0.25, 0.3) is 0 Å². The Bertz CT molecular complexity index is 388. The van der Waals surface area contributed by atoms with E-state index in [4.69, 9.17) is 10.5 Å². The molecule has 0 spiro atoms. The maximum Gasteiger partial charge on any atom is 0.250 e. The van der Waals surface area contributed by atoms with Gasteiger partial charge in [0, 0.05) is 5.56 Å². The Kier molecular flexibility index (Phi) is 2.13. The molecule has 0 saturated heterocycles. The fraction of sp³-hybridized carbons (Fsp3) is 0.300. The van der Waals surface area contributed by atoms with Crippen LogP contribution in [0.3, 0.4) is 0 Å². The van der Waals surface area contributed by atoms with Crippen molar-refractivity contribution < 1.29 is 9.53 Å². The number of amides is 1. The van der Waals surface area contributed by atoms with Crippen LogP contribution in [0.15, 0.2) is 12.1 Å². The minimum atomic E-state index is -0.152. The molecule has 1 aromatic carbocycles. The minimum absolute atomic E-state index is 0.0908. The fourth-order valence-corrected chi connectivity index (χ4v) is 1.53. The van der Waals surface area contributed by atoms with Crippen LogP contribution in [-0.4, -0.2) is 12.5 Å². The number of hydrogen-bond donors (Lipinski definition) is 2. The number of hydrogen-bond acceptors (Lipinski definition) is 3. The molecule has 4 heteroatoms. The highest BCUT2D eigenvalue weighted by Crippen LogP contribution is 2.28. The van der Waals surface area contributed by atoms with Crippen molar-refractivity contribution in [2.24, 2.45) is 0 Å². The molecule has 1 aliphatic rings. The van der Waals surface area contributed by atoms with Crippen molar-refractivity contribution in [3.05, 3.63) is 23.3 Å². The predicted molar refractivity (Wildman–Crippen MR) is 53.9 cm³/mol. The van der Waals surface area contributed by atoms with Gasteiger partial charge >= 0.3 is 0 Å². The molecular formula is C10H12N2O2. The highest BCUT2D eigenvalue weighted by atomic mass is 16.5. The first-order chi connectivity index (χ1) is 6.68. The number of carbonyl (C=O) groups is 1. The fourth-order valence-electron chi connectivity index (χ4n) is 1.53. The molecule has 1 aliphatic heterocycles. The zero-order chi connectivity index (χ0) is 10.1. The molecule has 0 aromatic heterocycles. The second kappa shape index (κ2) is 3.31. The highest BCUT2D eigenvalue weighted by Gasteiger charge is 2.16. The van der Waals surface area contributed by atoms with Crippen LogP contribution < -0.4 is 11.1 Å². The van der Waals surface area contributed by atoms with Gasteiger partial charge in [0.1, 0.15) is 6.61 Å². The Labute approximate surface area is 82.1 Å². The summed E-state index contributed by atoms with van der Waals surface area (Å²) < 4.78 is 5.20. The van der Waals surface area contributed by atoms with Gasteiger partial charge in [-0.15, -0.1) is 0 Å². The van der Waals surface area contributed by atoms with Crippen LogP contribution in [0.2, 0.25) is 0 Å². The Morgan fingerprint density at radius 3 is 3.00 bits per heavy atom. The van der Waals surface area contributed by atoms with E-state index in [-0.39, 0.29) is 12.5 Å². The summed E-state index contributed by atoms with van der Waals surface area (Å²) in [5, 5.41) is 2.74. The maximum absolute atomic E-state index is 11.2. The molecule has 3 N–H and O–H groups in total. The average Bonchev–Trinajstić information content (AvgIpc) is 2.34. The normalized spacial score (nSPS) is 15.6. The first kappa shape index (κ1) is 9.02. The molecule has 0 radical (unpaired) electrons. The third-order valence-electron chi connectivity index (χ3n) is 2.32. The summed E-state index contributed by atoms with van der Waals surface area (Å²) in [6, 6.07) is 3.72. The standard InChI is InChI=1S/C10H12N2O2/c1-6-2-3-8(11)10-7(6)4-14-5-9(13)12-10/h2-3H,4-5,11H2,1H3,(H,12,13). The van der Waals surface area contributed by atoms with Crippen molar-refractivity contribution in [2.45, 2.75) is 13.5 Å². The van der Waals surface area contributed by atoms with Gasteiger partial charge in [-0.2, -0.15) is 0 Å². The van der Waals surface area contributed by atoms with E-state index >= 15 is 0 Å². The number of nitrogen functional groups attached to an aromatic ring is 1. The van der Waals surface area contributed by atoms with Gasteiger partial charge in [0.25, 0.3) is 0 Å². The lowest BCUT2D eigenvalue weighted by Gasteiger charge is -2.11. The number of ether oxygens (including phenoxy) is 1. The third-order valence-corrected chi connectivity index (χ3v) is 2.32. The molecule has 14 heavy (non-hydrogen) atoms. The molecule has 1 aromatic rings. The van der Waals surface area contributed by atoms with Crippen LogP contribution in [0.1, 0.15) is 11.1 Å². The molecule has 1 heterocycles. The van der Waals surface area contributed by atoms with E-state index in [1.165, 1.54) is 0 Å². The summed E-state index contributed by atoms with van der Waals surface area (Å²) in [6.45, 7) is 2.50. The van der Waals surface area contributed by atoms with E-state index < -0.39 is 0 Å². The summed E-state index contributed by atoms with van der Waals surface area (Å²) in [5.41, 5.74) is 9.11. The monoisotopic (exact) mass is 192 g/mol. The van der Waals surface area contributed by atoms with E-state index in [0.29, 0.717) is 18.0 Å². The van der Waals surface area contributed by atoms with E-state index in [1.807, 2.05) is 13.0 Å². The number of nitrogens with two attached hydrogens (primary N) is 1. The molecule has 2 rings (SSSR count). The number of aryl methyl sites for hydroxylation is 1. The quantitative estimate of drug-likeness (QED) is 0.604. The highest BCUT2D eigenvalue weighted by molar-refractivity contribution is 5.96. The van der Waals surface area contributed by atoms with Crippen molar-refractivity contribution in [3.63, 3.8) is 0 Å². The SMILES string of the molecule is Cc1ccc(N)c2c1COCC(=O)N2. The van der Waals surface area contributed by atoms with Gasteiger partial charge in [-0.1, -0.05) is 6.07 Å². The Hall–Kier alpha value is -1.55. The van der Waals surface area contributed by atoms with E-state index in [9.17, 15) is 4.79 Å². The lowest BCUT2D eigenvalue weighted by atomic mass is 10.1. The molecule has 0 atom stereocenters. The van der Waals surface area contributed by atoms with Crippen molar-refractivity contribution in [3.8, 4) is 0 Å². The summed E-state index contributed by atoms with van der Waals surface area (Å²) in [5.74, 6) is -0.152. The van der Waals surface area contributed by atoms with Crippen LogP contribution in [0.4, 0.5) is 11.4 Å². The smallest absolute Gasteiger partial charge is 0.250 e. The number of benzene rings is 1. The maximum atomic E-state index is 11.2. The zero-order valence-electron chi connectivity index (χ0n) is 7.96. The molecule has 1 amide bonds. The lowest BCUT2D eigenvalue weighted by Crippen LogP contribution is -2.15. The summed E-state index contributed by atoms with van der Waals surface area (Å²) in [4.78, 5) is 11.2. The van der Waals surface area contributed by atoms with E-state index in [2.05, 4.69) is 5.32 Å². The van der Waals surface area contributed by atoms with Crippen LogP contribution in [0, 0.1) is 6.92 Å². The Balaban J connectivity index is 2.54. The van der Waals surface area contributed by atoms with Gasteiger partial charge in [-0.05, 0) is 18.6 Å². The number of anilines is 2. The van der Waals surface area contributed by atoms with E-state index in [0.717, 1.165) is 11.1 Å². The summed E-state index contributed by atoms with van der Waals surface area (Å²) >= 11 is 0. The Morgan fingerprint density at radius 2 is 2.21 bits per heavy atom. The van der Waals surface area contributed by atoms with Crippen molar-refractivity contribution >= 4 is 17.3 Å². The average molecular weight is 192 g/mol.